The summed E-state index contributed by atoms with van der Waals surface area (Å²) in [5.41, 5.74) is -0.120. The molecule has 0 radical (unpaired) electrons. The van der Waals surface area contributed by atoms with E-state index < -0.39 is 0 Å². The summed E-state index contributed by atoms with van der Waals surface area (Å²) in [5.74, 6) is 1.36. The monoisotopic (exact) mass is 267 g/mol. The van der Waals surface area contributed by atoms with Crippen molar-refractivity contribution in [3.8, 4) is 0 Å². The number of amides is 1. The van der Waals surface area contributed by atoms with Gasteiger partial charge in [0.05, 0.1) is 6.10 Å². The first-order valence-electron chi connectivity index (χ1n) is 6.65. The number of carbonyl (C=O) groups excluding carboxylic acids is 1. The average molecular weight is 267 g/mol. The molecule has 6 nitrogen and oxygen atoms in total. The van der Waals surface area contributed by atoms with Crippen molar-refractivity contribution in [2.24, 2.45) is 0 Å². The van der Waals surface area contributed by atoms with Crippen LogP contribution in [-0.2, 0) is 16.6 Å². The number of hydrogen-bond acceptors (Lipinski definition) is 5. The van der Waals surface area contributed by atoms with Crippen molar-refractivity contribution in [3.05, 3.63) is 11.7 Å². The number of likely N-dealkylation sites (tertiary alicyclic amines) is 1. The van der Waals surface area contributed by atoms with Gasteiger partial charge in [0.15, 0.2) is 5.82 Å². The lowest BCUT2D eigenvalue weighted by atomic mass is 9.96. The Bertz CT molecular complexity index is 444. The van der Waals surface area contributed by atoms with E-state index in [0.717, 1.165) is 0 Å². The van der Waals surface area contributed by atoms with Crippen LogP contribution in [-0.4, -0.2) is 45.2 Å². The lowest BCUT2D eigenvalue weighted by Gasteiger charge is -2.35. The van der Waals surface area contributed by atoms with Gasteiger partial charge in [-0.25, -0.2) is 0 Å². The minimum atomic E-state index is -0.339. The maximum absolute atomic E-state index is 11.7. The molecule has 0 saturated carbocycles. The molecule has 1 amide bonds. The van der Waals surface area contributed by atoms with Crippen LogP contribution in [0.5, 0.6) is 0 Å². The second kappa shape index (κ2) is 5.28. The number of hydrogen-bond donors (Lipinski definition) is 1. The van der Waals surface area contributed by atoms with Gasteiger partial charge < -0.3 is 14.5 Å². The zero-order chi connectivity index (χ0) is 14.0. The van der Waals surface area contributed by atoms with Crippen LogP contribution in [0.4, 0.5) is 0 Å². The van der Waals surface area contributed by atoms with Gasteiger partial charge in [-0.3, -0.25) is 4.79 Å². The van der Waals surface area contributed by atoms with Crippen LogP contribution in [0.15, 0.2) is 4.52 Å². The predicted octanol–water partition coefficient (Wildman–Crippen LogP) is 0.893. The summed E-state index contributed by atoms with van der Waals surface area (Å²) < 4.78 is 5.16. The van der Waals surface area contributed by atoms with Crippen molar-refractivity contribution >= 4 is 5.91 Å². The maximum atomic E-state index is 11.7. The highest BCUT2D eigenvalue weighted by Gasteiger charge is 2.28. The van der Waals surface area contributed by atoms with E-state index in [-0.39, 0.29) is 17.4 Å². The molecule has 1 aliphatic rings. The molecule has 106 valence electrons. The number of β-amino-alcohol motifs (C(OH)–C–C–N with tert-alkyl or cyclic N) is 1. The summed E-state index contributed by atoms with van der Waals surface area (Å²) in [5, 5.41) is 13.1. The van der Waals surface area contributed by atoms with Crippen LogP contribution in [0, 0.1) is 0 Å². The molecule has 1 fully saturated rings. The number of rotatable bonds is 4. The summed E-state index contributed by atoms with van der Waals surface area (Å²) >= 11 is 0. The third-order valence-corrected chi connectivity index (χ3v) is 3.14. The van der Waals surface area contributed by atoms with Crippen LogP contribution >= 0.6 is 0 Å². The highest BCUT2D eigenvalue weighted by Crippen LogP contribution is 2.19. The lowest BCUT2D eigenvalue weighted by Crippen LogP contribution is -2.53. The minimum absolute atomic E-state index is 0.0841. The molecule has 0 atom stereocenters. The highest BCUT2D eigenvalue weighted by atomic mass is 16.5. The van der Waals surface area contributed by atoms with Crippen LogP contribution in [0.2, 0.25) is 0 Å². The number of aliphatic hydroxyl groups is 1. The number of aryl methyl sites for hydroxylation is 1. The molecule has 0 bridgehead atoms. The Morgan fingerprint density at radius 2 is 2.16 bits per heavy atom. The molecule has 1 N–H and O–H groups in total. The summed E-state index contributed by atoms with van der Waals surface area (Å²) in [7, 11) is 0. The Kier molecular flexibility index (Phi) is 3.89. The van der Waals surface area contributed by atoms with Crippen molar-refractivity contribution in [3.63, 3.8) is 0 Å². The van der Waals surface area contributed by atoms with Crippen molar-refractivity contribution in [1.82, 2.24) is 15.0 Å². The SMILES string of the molecule is CC(C)(C)c1noc(CCCC(=O)N2CC(O)C2)n1. The van der Waals surface area contributed by atoms with Gasteiger partial charge in [0.25, 0.3) is 0 Å². The fraction of sp³-hybridized carbons (Fsp3) is 0.769. The summed E-state index contributed by atoms with van der Waals surface area (Å²) in [6.07, 6.45) is 1.43. The van der Waals surface area contributed by atoms with Gasteiger partial charge in [-0.15, -0.1) is 0 Å². The molecule has 2 rings (SSSR count). The molecular formula is C13H21N3O3. The molecule has 1 aliphatic heterocycles. The van der Waals surface area contributed by atoms with Crippen LogP contribution in [0.1, 0.15) is 45.3 Å². The van der Waals surface area contributed by atoms with E-state index in [9.17, 15) is 4.79 Å². The zero-order valence-electron chi connectivity index (χ0n) is 11.7. The Morgan fingerprint density at radius 1 is 1.47 bits per heavy atom. The molecule has 1 aromatic heterocycles. The Labute approximate surface area is 112 Å². The quantitative estimate of drug-likeness (QED) is 0.876. The van der Waals surface area contributed by atoms with E-state index >= 15 is 0 Å². The van der Waals surface area contributed by atoms with Gasteiger partial charge in [0.2, 0.25) is 11.8 Å². The third-order valence-electron chi connectivity index (χ3n) is 3.14. The fourth-order valence-corrected chi connectivity index (χ4v) is 1.87. The first-order chi connectivity index (χ1) is 8.86. The van der Waals surface area contributed by atoms with Gasteiger partial charge in [-0.05, 0) is 6.42 Å². The van der Waals surface area contributed by atoms with Crippen molar-refractivity contribution in [2.45, 2.75) is 51.6 Å². The molecule has 1 saturated heterocycles. The standard InChI is InChI=1S/C13H21N3O3/c1-13(2,3)12-14-10(19-15-12)5-4-6-11(18)16-7-9(17)8-16/h9,17H,4-8H2,1-3H3. The molecule has 6 heteroatoms. The molecule has 0 aromatic carbocycles. The van der Waals surface area contributed by atoms with E-state index in [4.69, 9.17) is 9.63 Å². The smallest absolute Gasteiger partial charge is 0.226 e. The molecule has 1 aromatic rings. The molecule has 0 spiro atoms. The largest absolute Gasteiger partial charge is 0.389 e. The van der Waals surface area contributed by atoms with Crippen LogP contribution < -0.4 is 0 Å². The van der Waals surface area contributed by atoms with Crippen molar-refractivity contribution in [1.29, 1.82) is 0 Å². The number of aliphatic hydroxyl groups excluding tert-OH is 1. The topological polar surface area (TPSA) is 79.5 Å². The number of carbonyl (C=O) groups is 1. The Morgan fingerprint density at radius 3 is 2.68 bits per heavy atom. The third kappa shape index (κ3) is 3.53. The summed E-state index contributed by atoms with van der Waals surface area (Å²) in [4.78, 5) is 17.7. The first kappa shape index (κ1) is 14.0. The second-order valence-corrected chi connectivity index (χ2v) is 6.07. The normalized spacial score (nSPS) is 16.5. The first-order valence-corrected chi connectivity index (χ1v) is 6.65. The van der Waals surface area contributed by atoms with E-state index in [1.807, 2.05) is 20.8 Å². The van der Waals surface area contributed by atoms with E-state index in [0.29, 0.717) is 44.1 Å². The molecule has 0 aliphatic carbocycles. The molecule has 0 unspecified atom stereocenters. The summed E-state index contributed by atoms with van der Waals surface area (Å²) in [6, 6.07) is 0. The molecule has 2 heterocycles. The average Bonchev–Trinajstić information content (AvgIpc) is 2.73. The number of nitrogens with zero attached hydrogens (tertiary/aromatic N) is 3. The van der Waals surface area contributed by atoms with Gasteiger partial charge in [-0.2, -0.15) is 4.98 Å². The minimum Gasteiger partial charge on any atom is -0.389 e. The highest BCUT2D eigenvalue weighted by molar-refractivity contribution is 5.77. The van der Waals surface area contributed by atoms with Gasteiger partial charge >= 0.3 is 0 Å². The zero-order valence-corrected chi connectivity index (χ0v) is 11.7. The summed E-state index contributed by atoms with van der Waals surface area (Å²) in [6.45, 7) is 7.02. The van der Waals surface area contributed by atoms with Crippen LogP contribution in [0.25, 0.3) is 0 Å². The molecule has 19 heavy (non-hydrogen) atoms. The van der Waals surface area contributed by atoms with Gasteiger partial charge in [-0.1, -0.05) is 25.9 Å². The van der Waals surface area contributed by atoms with Crippen molar-refractivity contribution < 1.29 is 14.4 Å². The Balaban J connectivity index is 1.74. The van der Waals surface area contributed by atoms with Crippen molar-refractivity contribution in [2.75, 3.05) is 13.1 Å². The van der Waals surface area contributed by atoms with Gasteiger partial charge in [0, 0.05) is 31.3 Å². The lowest BCUT2D eigenvalue weighted by molar-refractivity contribution is -0.141. The van der Waals surface area contributed by atoms with E-state index in [1.165, 1.54) is 0 Å². The Hall–Kier alpha value is -1.43. The van der Waals surface area contributed by atoms with Gasteiger partial charge in [0.1, 0.15) is 0 Å². The maximum Gasteiger partial charge on any atom is 0.226 e. The fourth-order valence-electron chi connectivity index (χ4n) is 1.87. The number of aromatic nitrogens is 2. The van der Waals surface area contributed by atoms with E-state index in [1.54, 1.807) is 4.90 Å². The second-order valence-electron chi connectivity index (χ2n) is 6.07. The predicted molar refractivity (Wildman–Crippen MR) is 68.5 cm³/mol. The van der Waals surface area contributed by atoms with Crippen LogP contribution in [0.3, 0.4) is 0 Å². The molecular weight excluding hydrogens is 246 g/mol. The van der Waals surface area contributed by atoms with E-state index in [2.05, 4.69) is 10.1 Å².